The lowest BCUT2D eigenvalue weighted by Gasteiger charge is -2.18. The first kappa shape index (κ1) is 9.84. The third-order valence-corrected chi connectivity index (χ3v) is 2.57. The highest BCUT2D eigenvalue weighted by molar-refractivity contribution is 5.96. The lowest BCUT2D eigenvalue weighted by atomic mass is 10.1. The summed E-state index contributed by atoms with van der Waals surface area (Å²) in [5.74, 6) is 0.569. The molecule has 0 radical (unpaired) electrons. The largest absolute Gasteiger partial charge is 0.482 e. The van der Waals surface area contributed by atoms with E-state index in [2.05, 4.69) is 10.3 Å². The van der Waals surface area contributed by atoms with E-state index in [4.69, 9.17) is 4.74 Å². The Morgan fingerprint density at radius 1 is 1.24 bits per heavy atom. The van der Waals surface area contributed by atoms with Crippen LogP contribution in [0.2, 0.25) is 0 Å². The number of pyridine rings is 1. The lowest BCUT2D eigenvalue weighted by Crippen LogP contribution is -2.25. The Morgan fingerprint density at radius 2 is 2.18 bits per heavy atom. The summed E-state index contributed by atoms with van der Waals surface area (Å²) in [5.41, 5.74) is 2.52. The summed E-state index contributed by atoms with van der Waals surface area (Å²) in [5, 5.41) is 2.78. The molecule has 84 valence electrons. The molecule has 17 heavy (non-hydrogen) atoms. The highest BCUT2D eigenvalue weighted by Gasteiger charge is 2.16. The van der Waals surface area contributed by atoms with Crippen molar-refractivity contribution >= 4 is 11.6 Å². The average molecular weight is 226 g/mol. The fourth-order valence-corrected chi connectivity index (χ4v) is 1.78. The first-order chi connectivity index (χ1) is 8.33. The van der Waals surface area contributed by atoms with Crippen LogP contribution < -0.4 is 10.1 Å². The summed E-state index contributed by atoms with van der Waals surface area (Å²) in [6.07, 6.45) is 1.74. The van der Waals surface area contributed by atoms with Gasteiger partial charge in [-0.25, -0.2) is 0 Å². The van der Waals surface area contributed by atoms with Crippen LogP contribution in [0.15, 0.2) is 42.6 Å². The van der Waals surface area contributed by atoms with Crippen molar-refractivity contribution in [3.8, 4) is 17.0 Å². The van der Waals surface area contributed by atoms with E-state index < -0.39 is 0 Å². The molecule has 1 aromatic carbocycles. The zero-order chi connectivity index (χ0) is 11.7. The van der Waals surface area contributed by atoms with Crippen molar-refractivity contribution in [3.05, 3.63) is 42.6 Å². The van der Waals surface area contributed by atoms with Crippen LogP contribution in [0.25, 0.3) is 11.3 Å². The standard InChI is InChI=1S/C13H10N2O2/c16-13-8-17-12-5-4-9(7-11(12)15-13)10-3-1-2-6-14-10/h1-7H,8H2,(H,15,16). The number of carbonyl (C=O) groups excluding carboxylic acids is 1. The van der Waals surface area contributed by atoms with Gasteiger partial charge in [-0.15, -0.1) is 0 Å². The molecule has 3 rings (SSSR count). The van der Waals surface area contributed by atoms with Crippen molar-refractivity contribution in [1.29, 1.82) is 0 Å². The van der Waals surface area contributed by atoms with E-state index >= 15 is 0 Å². The van der Waals surface area contributed by atoms with Gasteiger partial charge >= 0.3 is 0 Å². The van der Waals surface area contributed by atoms with Gasteiger partial charge < -0.3 is 10.1 Å². The minimum Gasteiger partial charge on any atom is -0.482 e. The molecule has 1 aliphatic rings. The molecule has 1 N–H and O–H groups in total. The molecule has 1 aliphatic heterocycles. The van der Waals surface area contributed by atoms with Gasteiger partial charge in [0.15, 0.2) is 6.61 Å². The van der Waals surface area contributed by atoms with Crippen LogP contribution >= 0.6 is 0 Å². The predicted molar refractivity (Wildman–Crippen MR) is 63.8 cm³/mol. The third kappa shape index (κ3) is 1.85. The predicted octanol–water partition coefficient (Wildman–Crippen LogP) is 2.08. The van der Waals surface area contributed by atoms with E-state index in [0.717, 1.165) is 11.3 Å². The number of benzene rings is 1. The molecule has 2 aromatic rings. The maximum absolute atomic E-state index is 11.2. The number of hydrogen-bond acceptors (Lipinski definition) is 3. The molecule has 1 amide bonds. The Labute approximate surface area is 98.3 Å². The molecule has 0 aliphatic carbocycles. The lowest BCUT2D eigenvalue weighted by molar-refractivity contribution is -0.118. The van der Waals surface area contributed by atoms with Crippen molar-refractivity contribution in [2.24, 2.45) is 0 Å². The van der Waals surface area contributed by atoms with Gasteiger partial charge in [0, 0.05) is 11.8 Å². The van der Waals surface area contributed by atoms with Crippen LogP contribution in [0.1, 0.15) is 0 Å². The van der Waals surface area contributed by atoms with Gasteiger partial charge in [0.05, 0.1) is 11.4 Å². The smallest absolute Gasteiger partial charge is 0.262 e. The van der Waals surface area contributed by atoms with Crippen molar-refractivity contribution in [2.45, 2.75) is 0 Å². The second kappa shape index (κ2) is 3.90. The van der Waals surface area contributed by atoms with Gasteiger partial charge in [-0.3, -0.25) is 9.78 Å². The normalized spacial score (nSPS) is 13.5. The maximum Gasteiger partial charge on any atom is 0.262 e. The first-order valence-corrected chi connectivity index (χ1v) is 5.31. The summed E-state index contributed by atoms with van der Waals surface area (Å²) in [6.45, 7) is 0.0793. The molecular formula is C13H10N2O2. The van der Waals surface area contributed by atoms with Gasteiger partial charge in [0.25, 0.3) is 5.91 Å². The number of ether oxygens (including phenoxy) is 1. The molecule has 0 saturated carbocycles. The highest BCUT2D eigenvalue weighted by Crippen LogP contribution is 2.31. The minimum atomic E-state index is -0.129. The Balaban J connectivity index is 2.04. The van der Waals surface area contributed by atoms with E-state index in [9.17, 15) is 4.79 Å². The average Bonchev–Trinajstić information content (AvgIpc) is 2.39. The maximum atomic E-state index is 11.2. The van der Waals surface area contributed by atoms with Crippen molar-refractivity contribution in [2.75, 3.05) is 11.9 Å². The SMILES string of the molecule is O=C1COc2ccc(-c3ccccn3)cc2N1. The molecule has 0 atom stereocenters. The molecule has 4 nitrogen and oxygen atoms in total. The Kier molecular flexibility index (Phi) is 2.26. The van der Waals surface area contributed by atoms with E-state index in [0.29, 0.717) is 11.4 Å². The monoisotopic (exact) mass is 226 g/mol. The molecule has 4 heteroatoms. The highest BCUT2D eigenvalue weighted by atomic mass is 16.5. The number of rotatable bonds is 1. The number of nitrogens with zero attached hydrogens (tertiary/aromatic N) is 1. The van der Waals surface area contributed by atoms with Crippen LogP contribution in [0.4, 0.5) is 5.69 Å². The molecule has 0 unspecified atom stereocenters. The first-order valence-electron chi connectivity index (χ1n) is 5.31. The second-order valence-corrected chi connectivity index (χ2v) is 3.76. The summed E-state index contributed by atoms with van der Waals surface area (Å²) in [7, 11) is 0. The van der Waals surface area contributed by atoms with Gasteiger partial charge in [-0.2, -0.15) is 0 Å². The molecule has 2 heterocycles. The van der Waals surface area contributed by atoms with Crippen molar-refractivity contribution < 1.29 is 9.53 Å². The summed E-state index contributed by atoms with van der Waals surface area (Å²) >= 11 is 0. The van der Waals surface area contributed by atoms with Gasteiger partial charge in [-0.1, -0.05) is 6.07 Å². The van der Waals surface area contributed by atoms with E-state index in [-0.39, 0.29) is 12.5 Å². The third-order valence-electron chi connectivity index (χ3n) is 2.57. The molecule has 0 saturated heterocycles. The Bertz CT molecular complexity index is 567. The molecular weight excluding hydrogens is 216 g/mol. The van der Waals surface area contributed by atoms with Crippen LogP contribution in [0, 0.1) is 0 Å². The number of fused-ring (bicyclic) bond motifs is 1. The van der Waals surface area contributed by atoms with Gasteiger partial charge in [0.2, 0.25) is 0 Å². The quantitative estimate of drug-likeness (QED) is 0.809. The van der Waals surface area contributed by atoms with Crippen molar-refractivity contribution in [1.82, 2.24) is 4.98 Å². The van der Waals surface area contributed by atoms with E-state index in [1.165, 1.54) is 0 Å². The number of carbonyl (C=O) groups is 1. The topological polar surface area (TPSA) is 51.2 Å². The summed E-state index contributed by atoms with van der Waals surface area (Å²) < 4.78 is 5.29. The fraction of sp³-hybridized carbons (Fsp3) is 0.0769. The molecule has 0 bridgehead atoms. The van der Waals surface area contributed by atoms with Gasteiger partial charge in [-0.05, 0) is 30.3 Å². The van der Waals surface area contributed by atoms with Crippen LogP contribution in [-0.2, 0) is 4.79 Å². The van der Waals surface area contributed by atoms with Gasteiger partial charge in [0.1, 0.15) is 5.75 Å². The number of anilines is 1. The number of hydrogen-bond donors (Lipinski definition) is 1. The molecule has 0 fully saturated rings. The Morgan fingerprint density at radius 3 is 3.00 bits per heavy atom. The fourth-order valence-electron chi connectivity index (χ4n) is 1.78. The minimum absolute atomic E-state index is 0.0793. The number of amides is 1. The number of aromatic nitrogens is 1. The zero-order valence-corrected chi connectivity index (χ0v) is 9.01. The van der Waals surface area contributed by atoms with Crippen LogP contribution in [0.3, 0.4) is 0 Å². The van der Waals surface area contributed by atoms with E-state index in [1.807, 2.05) is 36.4 Å². The molecule has 1 aromatic heterocycles. The Hall–Kier alpha value is -2.36. The zero-order valence-electron chi connectivity index (χ0n) is 9.01. The van der Waals surface area contributed by atoms with Crippen LogP contribution in [-0.4, -0.2) is 17.5 Å². The number of nitrogens with one attached hydrogen (secondary N) is 1. The van der Waals surface area contributed by atoms with Crippen LogP contribution in [0.5, 0.6) is 5.75 Å². The van der Waals surface area contributed by atoms with E-state index in [1.54, 1.807) is 6.20 Å². The summed E-state index contributed by atoms with van der Waals surface area (Å²) in [4.78, 5) is 15.5. The van der Waals surface area contributed by atoms with Crippen molar-refractivity contribution in [3.63, 3.8) is 0 Å². The molecule has 0 spiro atoms. The second-order valence-electron chi connectivity index (χ2n) is 3.76. The summed E-state index contributed by atoms with van der Waals surface area (Å²) in [6, 6.07) is 11.4.